The lowest BCUT2D eigenvalue weighted by Crippen LogP contribution is -2.21. The highest BCUT2D eigenvalue weighted by molar-refractivity contribution is 7.89. The van der Waals surface area contributed by atoms with E-state index in [0.29, 0.717) is 12.8 Å². The van der Waals surface area contributed by atoms with Gasteiger partial charge in [0.2, 0.25) is 15.9 Å². The summed E-state index contributed by atoms with van der Waals surface area (Å²) in [7, 11) is -2.05. The van der Waals surface area contributed by atoms with Crippen LogP contribution in [0.2, 0.25) is 0 Å². The number of sulfonamides is 1. The third-order valence-corrected chi connectivity index (χ3v) is 6.73. The minimum Gasteiger partial charge on any atom is -0.326 e. The summed E-state index contributed by atoms with van der Waals surface area (Å²) in [6, 6.07) is 14.7. The quantitative estimate of drug-likeness (QED) is 0.660. The average molecular weight is 416 g/mol. The lowest BCUT2D eigenvalue weighted by atomic mass is 10.1. The van der Waals surface area contributed by atoms with Gasteiger partial charge in [-0.1, -0.05) is 24.3 Å². The second-order valence-corrected chi connectivity index (χ2v) is 9.28. The molecule has 1 aliphatic heterocycles. The minimum absolute atomic E-state index is 0.0539. The Kier molecular flexibility index (Phi) is 7.41. The third kappa shape index (κ3) is 6.39. The summed E-state index contributed by atoms with van der Waals surface area (Å²) in [6.07, 6.45) is 4.55. The Morgan fingerprint density at radius 1 is 0.931 bits per heavy atom. The van der Waals surface area contributed by atoms with Crippen molar-refractivity contribution in [1.82, 2.24) is 9.62 Å². The van der Waals surface area contributed by atoms with Gasteiger partial charge in [0.15, 0.2) is 0 Å². The number of rotatable bonds is 9. The maximum absolute atomic E-state index is 12.2. The van der Waals surface area contributed by atoms with Gasteiger partial charge >= 0.3 is 0 Å². The van der Waals surface area contributed by atoms with Gasteiger partial charge in [0, 0.05) is 18.7 Å². The first-order valence-corrected chi connectivity index (χ1v) is 11.6. The van der Waals surface area contributed by atoms with Crippen LogP contribution in [0, 0.1) is 0 Å². The molecule has 1 amide bonds. The summed E-state index contributed by atoms with van der Waals surface area (Å²) in [6.45, 7) is 3.52. The molecular formula is C22H29N3O3S. The molecule has 156 valence electrons. The molecule has 2 N–H and O–H groups in total. The number of hydrogen-bond donors (Lipinski definition) is 2. The van der Waals surface area contributed by atoms with E-state index in [-0.39, 0.29) is 10.8 Å². The van der Waals surface area contributed by atoms with E-state index in [9.17, 15) is 13.2 Å². The van der Waals surface area contributed by atoms with Crippen molar-refractivity contribution < 1.29 is 13.2 Å². The normalized spacial score (nSPS) is 14.8. The average Bonchev–Trinajstić information content (AvgIpc) is 3.26. The fourth-order valence-electron chi connectivity index (χ4n) is 3.48. The molecule has 29 heavy (non-hydrogen) atoms. The first kappa shape index (κ1) is 21.5. The van der Waals surface area contributed by atoms with Crippen molar-refractivity contribution in [3.63, 3.8) is 0 Å². The molecule has 1 saturated heterocycles. The molecule has 0 aromatic heterocycles. The van der Waals surface area contributed by atoms with E-state index >= 15 is 0 Å². The molecule has 7 heteroatoms. The van der Waals surface area contributed by atoms with Gasteiger partial charge in [-0.15, -0.1) is 0 Å². The predicted octanol–water partition coefficient (Wildman–Crippen LogP) is 2.80. The van der Waals surface area contributed by atoms with Crippen LogP contribution in [-0.4, -0.2) is 45.9 Å². The number of nitrogens with one attached hydrogen (secondary N) is 2. The van der Waals surface area contributed by atoms with Crippen molar-refractivity contribution in [2.75, 3.05) is 32.0 Å². The largest absolute Gasteiger partial charge is 0.326 e. The number of carbonyl (C=O) groups excluding carboxylic acids is 1. The first-order chi connectivity index (χ1) is 14.0. The molecular weight excluding hydrogens is 386 g/mol. The fourth-order valence-corrected chi connectivity index (χ4v) is 4.21. The van der Waals surface area contributed by atoms with E-state index < -0.39 is 10.0 Å². The SMILES string of the molecule is CNS(=O)(=O)c1ccc(CCC(=O)Nc2ccc(CCN3CCCC3)cc2)cc1. The minimum atomic E-state index is -3.43. The molecule has 2 aromatic rings. The topological polar surface area (TPSA) is 78.5 Å². The van der Waals surface area contributed by atoms with Crippen molar-refractivity contribution in [3.8, 4) is 0 Å². The van der Waals surface area contributed by atoms with Crippen LogP contribution in [0.25, 0.3) is 0 Å². The van der Waals surface area contributed by atoms with Crippen molar-refractivity contribution >= 4 is 21.6 Å². The Labute approximate surface area is 173 Å². The van der Waals surface area contributed by atoms with Crippen LogP contribution < -0.4 is 10.0 Å². The number of amides is 1. The number of nitrogens with zero attached hydrogens (tertiary/aromatic N) is 1. The van der Waals surface area contributed by atoms with E-state index in [0.717, 1.165) is 24.2 Å². The molecule has 1 aliphatic rings. The van der Waals surface area contributed by atoms with Crippen molar-refractivity contribution in [1.29, 1.82) is 0 Å². The molecule has 1 heterocycles. The summed E-state index contributed by atoms with van der Waals surface area (Å²) >= 11 is 0. The van der Waals surface area contributed by atoms with Gasteiger partial charge in [0.25, 0.3) is 0 Å². The summed E-state index contributed by atoms with van der Waals surface area (Å²) in [5.41, 5.74) is 3.01. The van der Waals surface area contributed by atoms with Crippen molar-refractivity contribution in [3.05, 3.63) is 59.7 Å². The van der Waals surface area contributed by atoms with Crippen molar-refractivity contribution in [2.45, 2.75) is 37.0 Å². The van der Waals surface area contributed by atoms with Crippen LogP contribution in [0.3, 0.4) is 0 Å². The lowest BCUT2D eigenvalue weighted by Gasteiger charge is -2.14. The number of benzene rings is 2. The summed E-state index contributed by atoms with van der Waals surface area (Å²) in [4.78, 5) is 14.9. The highest BCUT2D eigenvalue weighted by Gasteiger charge is 2.12. The molecule has 2 aromatic carbocycles. The smallest absolute Gasteiger partial charge is 0.240 e. The van der Waals surface area contributed by atoms with E-state index in [1.54, 1.807) is 24.3 Å². The molecule has 0 bridgehead atoms. The predicted molar refractivity (Wildman–Crippen MR) is 115 cm³/mol. The fraction of sp³-hybridized carbons (Fsp3) is 0.409. The van der Waals surface area contributed by atoms with E-state index in [1.165, 1.54) is 38.5 Å². The van der Waals surface area contributed by atoms with Crippen LogP contribution in [0.15, 0.2) is 53.4 Å². The molecule has 0 spiro atoms. The number of aryl methyl sites for hydroxylation is 1. The second kappa shape index (κ2) is 10.0. The number of anilines is 1. The standard InChI is InChI=1S/C22H29N3O3S/c1-23-29(27,28)21-11-6-18(7-12-21)8-13-22(26)24-20-9-4-19(5-10-20)14-17-25-15-2-3-16-25/h4-7,9-12,23H,2-3,8,13-17H2,1H3,(H,24,26). The summed E-state index contributed by atoms with van der Waals surface area (Å²) in [5.74, 6) is -0.0539. The number of carbonyl (C=O) groups is 1. The number of likely N-dealkylation sites (tertiary alicyclic amines) is 1. The van der Waals surface area contributed by atoms with Crippen LogP contribution in [0.4, 0.5) is 5.69 Å². The molecule has 0 unspecified atom stereocenters. The van der Waals surface area contributed by atoms with E-state index in [4.69, 9.17) is 0 Å². The number of hydrogen-bond acceptors (Lipinski definition) is 4. The van der Waals surface area contributed by atoms with Gasteiger partial charge in [-0.25, -0.2) is 13.1 Å². The van der Waals surface area contributed by atoms with Gasteiger partial charge in [-0.2, -0.15) is 0 Å². The summed E-state index contributed by atoms with van der Waals surface area (Å²) < 4.78 is 25.8. The van der Waals surface area contributed by atoms with E-state index in [1.807, 2.05) is 12.1 Å². The third-order valence-electron chi connectivity index (χ3n) is 5.30. The van der Waals surface area contributed by atoms with Crippen LogP contribution >= 0.6 is 0 Å². The van der Waals surface area contributed by atoms with Gasteiger partial charge in [-0.05, 0) is 81.2 Å². The zero-order chi connectivity index (χ0) is 20.7. The maximum atomic E-state index is 12.2. The highest BCUT2D eigenvalue weighted by Crippen LogP contribution is 2.14. The van der Waals surface area contributed by atoms with Gasteiger partial charge < -0.3 is 10.2 Å². The van der Waals surface area contributed by atoms with Crippen molar-refractivity contribution in [2.24, 2.45) is 0 Å². The van der Waals surface area contributed by atoms with E-state index in [2.05, 4.69) is 27.1 Å². The molecule has 0 saturated carbocycles. The molecule has 0 atom stereocenters. The van der Waals surface area contributed by atoms with Crippen LogP contribution in [0.1, 0.15) is 30.4 Å². The maximum Gasteiger partial charge on any atom is 0.240 e. The Bertz CT molecular complexity index is 903. The Balaban J connectivity index is 1.44. The first-order valence-electron chi connectivity index (χ1n) is 10.1. The zero-order valence-electron chi connectivity index (χ0n) is 16.9. The Morgan fingerprint density at radius 2 is 1.52 bits per heavy atom. The van der Waals surface area contributed by atoms with Gasteiger partial charge in [0.1, 0.15) is 0 Å². The van der Waals surface area contributed by atoms with Crippen LogP contribution in [0.5, 0.6) is 0 Å². The monoisotopic (exact) mass is 415 g/mol. The van der Waals surface area contributed by atoms with Gasteiger partial charge in [-0.3, -0.25) is 4.79 Å². The van der Waals surface area contributed by atoms with Crippen LogP contribution in [-0.2, 0) is 27.7 Å². The Hall–Kier alpha value is -2.22. The Morgan fingerprint density at radius 3 is 2.14 bits per heavy atom. The highest BCUT2D eigenvalue weighted by atomic mass is 32.2. The zero-order valence-corrected chi connectivity index (χ0v) is 17.7. The summed E-state index contributed by atoms with van der Waals surface area (Å²) in [5, 5.41) is 2.93. The lowest BCUT2D eigenvalue weighted by molar-refractivity contribution is -0.116. The molecule has 1 fully saturated rings. The molecule has 0 aliphatic carbocycles. The molecule has 6 nitrogen and oxygen atoms in total. The molecule has 3 rings (SSSR count). The van der Waals surface area contributed by atoms with Gasteiger partial charge in [0.05, 0.1) is 4.90 Å². The second-order valence-electron chi connectivity index (χ2n) is 7.40. The molecule has 0 radical (unpaired) electrons.